The van der Waals surface area contributed by atoms with Gasteiger partial charge in [-0.1, -0.05) is 13.3 Å². The average molecular weight is 294 g/mol. The fraction of sp³-hybridized carbons (Fsp3) is 0.462. The molecule has 108 valence electrons. The van der Waals surface area contributed by atoms with E-state index in [1.807, 2.05) is 0 Å². The number of unbranched alkanes of at least 4 members (excludes halogenated alkanes) is 1. The molecule has 0 radical (unpaired) electrons. The minimum atomic E-state index is -0.145. The monoisotopic (exact) mass is 294 g/mol. The zero-order chi connectivity index (χ0) is 14.5. The van der Waals surface area contributed by atoms with Crippen LogP contribution >= 0.6 is 11.3 Å². The van der Waals surface area contributed by atoms with E-state index >= 15 is 0 Å². The van der Waals surface area contributed by atoms with Crippen molar-refractivity contribution in [1.29, 1.82) is 0 Å². The number of carbonyl (C=O) groups is 1. The highest BCUT2D eigenvalue weighted by Gasteiger charge is 2.22. The van der Waals surface area contributed by atoms with Crippen molar-refractivity contribution in [3.05, 3.63) is 17.1 Å². The van der Waals surface area contributed by atoms with E-state index in [-0.39, 0.29) is 12.5 Å². The molecular weight excluding hydrogens is 276 g/mol. The number of aliphatic hydroxyl groups is 1. The number of carbonyl (C=O) groups excluding carboxylic acids is 1. The first-order valence-electron chi connectivity index (χ1n) is 6.58. The van der Waals surface area contributed by atoms with Gasteiger partial charge < -0.3 is 15.7 Å². The SMILES string of the molecule is CCCCN(CCO)C(=O)c1sc2nnccc2c1N. The summed E-state index contributed by atoms with van der Waals surface area (Å²) in [7, 11) is 0. The van der Waals surface area contributed by atoms with Gasteiger partial charge in [0.1, 0.15) is 9.71 Å². The number of nitrogens with two attached hydrogens (primary N) is 1. The van der Waals surface area contributed by atoms with Crippen LogP contribution in [0.5, 0.6) is 0 Å². The van der Waals surface area contributed by atoms with E-state index in [0.29, 0.717) is 28.5 Å². The lowest BCUT2D eigenvalue weighted by molar-refractivity contribution is 0.0725. The molecule has 0 unspecified atom stereocenters. The van der Waals surface area contributed by atoms with Gasteiger partial charge in [0.2, 0.25) is 0 Å². The summed E-state index contributed by atoms with van der Waals surface area (Å²) in [5, 5.41) is 17.6. The maximum Gasteiger partial charge on any atom is 0.266 e. The van der Waals surface area contributed by atoms with Crippen molar-refractivity contribution in [2.45, 2.75) is 19.8 Å². The first-order chi connectivity index (χ1) is 9.69. The van der Waals surface area contributed by atoms with E-state index in [0.717, 1.165) is 18.2 Å². The van der Waals surface area contributed by atoms with Gasteiger partial charge >= 0.3 is 0 Å². The quantitative estimate of drug-likeness (QED) is 0.842. The number of thiophene rings is 1. The molecule has 0 saturated heterocycles. The van der Waals surface area contributed by atoms with Crippen LogP contribution in [0, 0.1) is 0 Å². The van der Waals surface area contributed by atoms with Crippen LogP contribution in [0.25, 0.3) is 10.2 Å². The molecule has 0 spiro atoms. The summed E-state index contributed by atoms with van der Waals surface area (Å²) in [4.78, 5) is 15.3. The molecule has 6 nitrogen and oxygen atoms in total. The van der Waals surface area contributed by atoms with E-state index < -0.39 is 0 Å². The molecule has 0 fully saturated rings. The van der Waals surface area contributed by atoms with Gasteiger partial charge in [0.25, 0.3) is 5.91 Å². The van der Waals surface area contributed by atoms with E-state index in [9.17, 15) is 4.79 Å². The van der Waals surface area contributed by atoms with Gasteiger partial charge in [0, 0.05) is 18.5 Å². The highest BCUT2D eigenvalue weighted by molar-refractivity contribution is 7.21. The molecular formula is C13H18N4O2S. The van der Waals surface area contributed by atoms with Crippen LogP contribution in [0.1, 0.15) is 29.4 Å². The van der Waals surface area contributed by atoms with Crippen molar-refractivity contribution in [3.8, 4) is 0 Å². The minimum Gasteiger partial charge on any atom is -0.397 e. The van der Waals surface area contributed by atoms with E-state index in [4.69, 9.17) is 10.8 Å². The Kier molecular flexibility index (Phi) is 4.86. The second kappa shape index (κ2) is 6.62. The molecule has 20 heavy (non-hydrogen) atoms. The molecule has 2 heterocycles. The van der Waals surface area contributed by atoms with Gasteiger partial charge in [-0.3, -0.25) is 4.79 Å². The van der Waals surface area contributed by atoms with Gasteiger partial charge in [0.05, 0.1) is 18.5 Å². The van der Waals surface area contributed by atoms with Crippen LogP contribution in [0.4, 0.5) is 5.69 Å². The maximum atomic E-state index is 12.5. The lowest BCUT2D eigenvalue weighted by Gasteiger charge is -2.21. The summed E-state index contributed by atoms with van der Waals surface area (Å²) < 4.78 is 0. The number of anilines is 1. The molecule has 0 aliphatic rings. The zero-order valence-corrected chi connectivity index (χ0v) is 12.2. The van der Waals surface area contributed by atoms with E-state index in [1.54, 1.807) is 17.2 Å². The molecule has 7 heteroatoms. The van der Waals surface area contributed by atoms with Gasteiger partial charge in [-0.15, -0.1) is 16.4 Å². The van der Waals surface area contributed by atoms with Gasteiger partial charge in [-0.25, -0.2) is 0 Å². The summed E-state index contributed by atoms with van der Waals surface area (Å²) in [5.41, 5.74) is 6.48. The van der Waals surface area contributed by atoms with E-state index in [1.165, 1.54) is 11.3 Å². The Balaban J connectivity index is 2.30. The third kappa shape index (κ3) is 2.88. The molecule has 2 aromatic heterocycles. The number of fused-ring (bicyclic) bond motifs is 1. The summed E-state index contributed by atoms with van der Waals surface area (Å²) >= 11 is 1.25. The number of aromatic nitrogens is 2. The van der Waals surface area contributed by atoms with Crippen LogP contribution in [0.3, 0.4) is 0 Å². The van der Waals surface area contributed by atoms with Crippen LogP contribution in [0.15, 0.2) is 12.3 Å². The number of amides is 1. The minimum absolute atomic E-state index is 0.0555. The van der Waals surface area contributed by atoms with Crippen LogP contribution in [0.2, 0.25) is 0 Å². The molecule has 3 N–H and O–H groups in total. The summed E-state index contributed by atoms with van der Waals surface area (Å²) in [6, 6.07) is 1.76. The molecule has 0 aliphatic carbocycles. The summed E-state index contributed by atoms with van der Waals surface area (Å²) in [6.07, 6.45) is 3.45. The molecule has 0 saturated carbocycles. The Labute approximate surface area is 121 Å². The van der Waals surface area contributed by atoms with E-state index in [2.05, 4.69) is 17.1 Å². The standard InChI is InChI=1S/C13H18N4O2S/c1-2-3-6-17(7-8-18)13(19)11-10(14)9-4-5-15-16-12(9)20-11/h4-5,18H,2-3,6-8,14H2,1H3. The molecule has 2 rings (SSSR count). The summed E-state index contributed by atoms with van der Waals surface area (Å²) in [5.74, 6) is -0.145. The number of rotatable bonds is 6. The first kappa shape index (κ1) is 14.7. The lowest BCUT2D eigenvalue weighted by Crippen LogP contribution is -2.34. The molecule has 0 atom stereocenters. The van der Waals surface area contributed by atoms with Crippen LogP contribution in [-0.4, -0.2) is 45.8 Å². The Hall–Kier alpha value is -1.73. The zero-order valence-electron chi connectivity index (χ0n) is 11.4. The smallest absolute Gasteiger partial charge is 0.266 e. The highest BCUT2D eigenvalue weighted by atomic mass is 32.1. The first-order valence-corrected chi connectivity index (χ1v) is 7.40. The molecule has 1 amide bonds. The largest absolute Gasteiger partial charge is 0.397 e. The number of aliphatic hydroxyl groups excluding tert-OH is 1. The number of nitrogens with zero attached hydrogens (tertiary/aromatic N) is 3. The second-order valence-corrected chi connectivity index (χ2v) is 5.46. The lowest BCUT2D eigenvalue weighted by atomic mass is 10.2. The van der Waals surface area contributed by atoms with Gasteiger partial charge in [0.15, 0.2) is 0 Å². The third-order valence-corrected chi connectivity index (χ3v) is 4.15. The number of hydrogen-bond acceptors (Lipinski definition) is 6. The predicted octanol–water partition coefficient (Wildman–Crippen LogP) is 1.51. The van der Waals surface area contributed by atoms with Crippen molar-refractivity contribution in [2.24, 2.45) is 0 Å². The Morgan fingerprint density at radius 1 is 1.50 bits per heavy atom. The van der Waals surface area contributed by atoms with Crippen molar-refractivity contribution in [2.75, 3.05) is 25.4 Å². The fourth-order valence-corrected chi connectivity index (χ4v) is 2.97. The number of nitrogen functional groups attached to an aromatic ring is 1. The topological polar surface area (TPSA) is 92.3 Å². The normalized spacial score (nSPS) is 10.9. The predicted molar refractivity (Wildman–Crippen MR) is 79.7 cm³/mol. The van der Waals surface area contributed by atoms with Gasteiger partial charge in [-0.2, -0.15) is 5.10 Å². The fourth-order valence-electron chi connectivity index (χ4n) is 1.96. The van der Waals surface area contributed by atoms with Crippen molar-refractivity contribution in [1.82, 2.24) is 15.1 Å². The average Bonchev–Trinajstić information content (AvgIpc) is 2.80. The molecule has 0 bridgehead atoms. The maximum absolute atomic E-state index is 12.5. The van der Waals surface area contributed by atoms with Crippen LogP contribution in [-0.2, 0) is 0 Å². The van der Waals surface area contributed by atoms with Crippen LogP contribution < -0.4 is 5.73 Å². The Morgan fingerprint density at radius 3 is 2.95 bits per heavy atom. The number of hydrogen-bond donors (Lipinski definition) is 2. The van der Waals surface area contributed by atoms with Crippen molar-refractivity contribution in [3.63, 3.8) is 0 Å². The summed E-state index contributed by atoms with van der Waals surface area (Å²) in [6.45, 7) is 2.94. The molecule has 0 aromatic carbocycles. The Morgan fingerprint density at radius 2 is 2.30 bits per heavy atom. The molecule has 2 aromatic rings. The van der Waals surface area contributed by atoms with Crippen molar-refractivity contribution >= 4 is 33.1 Å². The third-order valence-electron chi connectivity index (χ3n) is 3.05. The molecule has 0 aliphatic heterocycles. The van der Waals surface area contributed by atoms with Gasteiger partial charge in [-0.05, 0) is 12.5 Å². The van der Waals surface area contributed by atoms with Crippen molar-refractivity contribution < 1.29 is 9.90 Å². The second-order valence-electron chi connectivity index (χ2n) is 4.46. The Bertz CT molecular complexity index is 599. The highest BCUT2D eigenvalue weighted by Crippen LogP contribution is 2.32.